The van der Waals surface area contributed by atoms with Crippen molar-refractivity contribution in [1.29, 1.82) is 0 Å². The fourth-order valence-corrected chi connectivity index (χ4v) is 1.91. The van der Waals surface area contributed by atoms with E-state index in [1.54, 1.807) is 31.4 Å². The number of carboxylic acid groups (broad SMARTS) is 1. The topological polar surface area (TPSA) is 81.8 Å². The standard InChI is InChI=1S/C14H19NO4/c1-4-11(15)10(8-14(16)17)9-5-6-12(18-2)13(7-9)19-3/h4-7,10-11H,1,8,15H2,2-3H3,(H,16,17). The van der Waals surface area contributed by atoms with Crippen LogP contribution in [0, 0.1) is 0 Å². The lowest BCUT2D eigenvalue weighted by molar-refractivity contribution is -0.137. The van der Waals surface area contributed by atoms with Crippen LogP contribution >= 0.6 is 0 Å². The summed E-state index contributed by atoms with van der Waals surface area (Å²) in [5.74, 6) is -0.119. The van der Waals surface area contributed by atoms with Gasteiger partial charge in [-0.1, -0.05) is 12.1 Å². The Morgan fingerprint density at radius 3 is 2.53 bits per heavy atom. The molecule has 2 unspecified atom stereocenters. The summed E-state index contributed by atoms with van der Waals surface area (Å²) in [7, 11) is 3.07. The molecule has 0 aromatic heterocycles. The number of hydrogen-bond donors (Lipinski definition) is 2. The van der Waals surface area contributed by atoms with Crippen molar-refractivity contribution in [3.8, 4) is 11.5 Å². The molecule has 0 spiro atoms. The molecule has 0 aliphatic carbocycles. The van der Waals surface area contributed by atoms with Crippen LogP contribution in [0.5, 0.6) is 11.5 Å². The number of methoxy groups -OCH3 is 2. The van der Waals surface area contributed by atoms with Crippen LogP contribution < -0.4 is 15.2 Å². The van der Waals surface area contributed by atoms with E-state index in [1.165, 1.54) is 7.11 Å². The van der Waals surface area contributed by atoms with Gasteiger partial charge in [-0.25, -0.2) is 0 Å². The zero-order valence-electron chi connectivity index (χ0n) is 11.1. The molecule has 0 saturated carbocycles. The molecule has 0 radical (unpaired) electrons. The van der Waals surface area contributed by atoms with E-state index in [9.17, 15) is 4.79 Å². The van der Waals surface area contributed by atoms with Crippen molar-refractivity contribution < 1.29 is 19.4 Å². The van der Waals surface area contributed by atoms with Crippen LogP contribution in [-0.2, 0) is 4.79 Å². The first-order valence-corrected chi connectivity index (χ1v) is 5.85. The molecule has 0 amide bonds. The normalized spacial score (nSPS) is 13.4. The molecular weight excluding hydrogens is 246 g/mol. The third-order valence-electron chi connectivity index (χ3n) is 2.97. The number of carbonyl (C=O) groups is 1. The largest absolute Gasteiger partial charge is 0.493 e. The minimum atomic E-state index is -0.905. The molecule has 5 heteroatoms. The van der Waals surface area contributed by atoms with Crippen molar-refractivity contribution in [3.05, 3.63) is 36.4 Å². The van der Waals surface area contributed by atoms with E-state index in [1.807, 2.05) is 0 Å². The second-order valence-electron chi connectivity index (χ2n) is 4.13. The van der Waals surface area contributed by atoms with Gasteiger partial charge in [0.25, 0.3) is 0 Å². The zero-order valence-corrected chi connectivity index (χ0v) is 11.1. The van der Waals surface area contributed by atoms with E-state index >= 15 is 0 Å². The molecule has 5 nitrogen and oxygen atoms in total. The van der Waals surface area contributed by atoms with Crippen molar-refractivity contribution in [3.63, 3.8) is 0 Å². The lowest BCUT2D eigenvalue weighted by Gasteiger charge is -2.21. The Kier molecular flexibility index (Phi) is 5.38. The lowest BCUT2D eigenvalue weighted by Crippen LogP contribution is -2.28. The van der Waals surface area contributed by atoms with Crippen molar-refractivity contribution in [2.24, 2.45) is 5.73 Å². The Bertz CT molecular complexity index is 459. The Balaban J connectivity index is 3.14. The summed E-state index contributed by atoms with van der Waals surface area (Å²) < 4.78 is 10.4. The van der Waals surface area contributed by atoms with Crippen molar-refractivity contribution in [2.45, 2.75) is 18.4 Å². The first-order chi connectivity index (χ1) is 9.03. The number of carboxylic acids is 1. The highest BCUT2D eigenvalue weighted by molar-refractivity contribution is 5.68. The van der Waals surface area contributed by atoms with Crippen LogP contribution in [0.1, 0.15) is 17.9 Å². The molecule has 3 N–H and O–H groups in total. The van der Waals surface area contributed by atoms with Crippen LogP contribution in [0.3, 0.4) is 0 Å². The van der Waals surface area contributed by atoms with E-state index in [-0.39, 0.29) is 12.3 Å². The second kappa shape index (κ2) is 6.80. The van der Waals surface area contributed by atoms with Crippen LogP contribution in [0.25, 0.3) is 0 Å². The number of ether oxygens (including phenoxy) is 2. The lowest BCUT2D eigenvalue weighted by atomic mass is 9.89. The van der Waals surface area contributed by atoms with Gasteiger partial charge < -0.3 is 20.3 Å². The molecule has 1 aromatic rings. The molecule has 2 atom stereocenters. The van der Waals surface area contributed by atoms with Crippen LogP contribution in [0.2, 0.25) is 0 Å². The fraction of sp³-hybridized carbons (Fsp3) is 0.357. The van der Waals surface area contributed by atoms with Gasteiger partial charge in [0.15, 0.2) is 11.5 Å². The number of hydrogen-bond acceptors (Lipinski definition) is 4. The molecule has 0 aliphatic heterocycles. The molecule has 0 aliphatic rings. The minimum absolute atomic E-state index is 0.0668. The number of nitrogens with two attached hydrogens (primary N) is 1. The number of rotatable bonds is 7. The monoisotopic (exact) mass is 265 g/mol. The summed E-state index contributed by atoms with van der Waals surface area (Å²) in [6, 6.07) is 4.83. The maximum Gasteiger partial charge on any atom is 0.304 e. The van der Waals surface area contributed by atoms with Gasteiger partial charge in [-0.3, -0.25) is 4.79 Å². The molecule has 0 fully saturated rings. The summed E-state index contributed by atoms with van der Waals surface area (Å²) in [4.78, 5) is 10.9. The van der Waals surface area contributed by atoms with Crippen molar-refractivity contribution in [2.75, 3.05) is 14.2 Å². The Hall–Kier alpha value is -2.01. The van der Waals surface area contributed by atoms with Gasteiger partial charge in [-0.05, 0) is 17.7 Å². The Morgan fingerprint density at radius 2 is 2.05 bits per heavy atom. The minimum Gasteiger partial charge on any atom is -0.493 e. The molecule has 1 aromatic carbocycles. The summed E-state index contributed by atoms with van der Waals surface area (Å²) in [5, 5.41) is 8.97. The maximum atomic E-state index is 10.9. The molecule has 1 rings (SSSR count). The van der Waals surface area contributed by atoms with Crippen LogP contribution in [0.15, 0.2) is 30.9 Å². The third-order valence-corrected chi connectivity index (χ3v) is 2.97. The molecular formula is C14H19NO4. The predicted octanol–water partition coefficient (Wildman–Crippen LogP) is 1.78. The van der Waals surface area contributed by atoms with Gasteiger partial charge in [0.1, 0.15) is 0 Å². The van der Waals surface area contributed by atoms with E-state index in [0.717, 1.165) is 5.56 Å². The van der Waals surface area contributed by atoms with E-state index < -0.39 is 12.0 Å². The smallest absolute Gasteiger partial charge is 0.304 e. The summed E-state index contributed by atoms with van der Waals surface area (Å²) >= 11 is 0. The molecule has 19 heavy (non-hydrogen) atoms. The first-order valence-electron chi connectivity index (χ1n) is 5.85. The summed E-state index contributed by atoms with van der Waals surface area (Å²) in [6.45, 7) is 3.62. The molecule has 104 valence electrons. The summed E-state index contributed by atoms with van der Waals surface area (Å²) in [6.07, 6.45) is 1.48. The van der Waals surface area contributed by atoms with Gasteiger partial charge in [0.2, 0.25) is 0 Å². The predicted molar refractivity (Wildman–Crippen MR) is 72.7 cm³/mol. The fourth-order valence-electron chi connectivity index (χ4n) is 1.91. The second-order valence-corrected chi connectivity index (χ2v) is 4.13. The highest BCUT2D eigenvalue weighted by atomic mass is 16.5. The highest BCUT2D eigenvalue weighted by Gasteiger charge is 2.22. The highest BCUT2D eigenvalue weighted by Crippen LogP contribution is 2.33. The molecule has 0 saturated heterocycles. The van der Waals surface area contributed by atoms with E-state index in [4.69, 9.17) is 20.3 Å². The van der Waals surface area contributed by atoms with Gasteiger partial charge in [0.05, 0.1) is 20.6 Å². The average Bonchev–Trinajstić information content (AvgIpc) is 2.42. The van der Waals surface area contributed by atoms with Gasteiger partial charge in [0, 0.05) is 12.0 Å². The van der Waals surface area contributed by atoms with Gasteiger partial charge >= 0.3 is 5.97 Å². The Labute approximate surface area is 112 Å². The first kappa shape index (κ1) is 15.0. The molecule has 0 bridgehead atoms. The third kappa shape index (κ3) is 3.72. The van der Waals surface area contributed by atoms with E-state index in [2.05, 4.69) is 6.58 Å². The van der Waals surface area contributed by atoms with Crippen LogP contribution in [0.4, 0.5) is 0 Å². The average molecular weight is 265 g/mol. The van der Waals surface area contributed by atoms with Gasteiger partial charge in [-0.2, -0.15) is 0 Å². The SMILES string of the molecule is C=CC(N)C(CC(=O)O)c1ccc(OC)c(OC)c1. The van der Waals surface area contributed by atoms with Crippen molar-refractivity contribution in [1.82, 2.24) is 0 Å². The number of benzene rings is 1. The maximum absolute atomic E-state index is 10.9. The summed E-state index contributed by atoms with van der Waals surface area (Å²) in [5.41, 5.74) is 6.69. The number of aliphatic carboxylic acids is 1. The van der Waals surface area contributed by atoms with Crippen molar-refractivity contribution >= 4 is 5.97 Å². The quantitative estimate of drug-likeness (QED) is 0.734. The molecule has 0 heterocycles. The van der Waals surface area contributed by atoms with Gasteiger partial charge in [-0.15, -0.1) is 6.58 Å². The zero-order chi connectivity index (χ0) is 14.4. The Morgan fingerprint density at radius 1 is 1.42 bits per heavy atom. The van der Waals surface area contributed by atoms with Crippen LogP contribution in [-0.4, -0.2) is 31.3 Å². The van der Waals surface area contributed by atoms with E-state index in [0.29, 0.717) is 11.5 Å².